The van der Waals surface area contributed by atoms with E-state index >= 15 is 0 Å². The SMILES string of the molecule is Nc1ccn(-c2cccc(-c3nc(Cc4ccc(Cn5cc(Cl)cn5)cc4)cc(C(F)(F)F)n3)c2)c(=O)n1. The summed E-state index contributed by atoms with van der Waals surface area (Å²) in [6.45, 7) is 0.506. The highest BCUT2D eigenvalue weighted by molar-refractivity contribution is 6.30. The average Bonchev–Trinajstić information content (AvgIpc) is 3.29. The normalized spacial score (nSPS) is 11.6. The van der Waals surface area contributed by atoms with Gasteiger partial charge in [0.05, 0.1) is 23.5 Å². The zero-order valence-corrected chi connectivity index (χ0v) is 20.4. The van der Waals surface area contributed by atoms with Crippen LogP contribution < -0.4 is 11.4 Å². The summed E-state index contributed by atoms with van der Waals surface area (Å²) in [6.07, 6.45) is 0.171. The van der Waals surface area contributed by atoms with Crippen LogP contribution in [0.15, 0.2) is 84.0 Å². The molecule has 2 aromatic carbocycles. The van der Waals surface area contributed by atoms with Crippen molar-refractivity contribution in [3.63, 3.8) is 0 Å². The fourth-order valence-corrected chi connectivity index (χ4v) is 4.01. The highest BCUT2D eigenvalue weighted by Crippen LogP contribution is 2.30. The molecular formula is C26H19ClF3N7O. The number of rotatable bonds is 6. The lowest BCUT2D eigenvalue weighted by Crippen LogP contribution is -2.21. The molecule has 3 heterocycles. The summed E-state index contributed by atoms with van der Waals surface area (Å²) in [6, 6.07) is 16.1. The molecule has 0 spiro atoms. The first-order valence-corrected chi connectivity index (χ1v) is 11.7. The summed E-state index contributed by atoms with van der Waals surface area (Å²) in [7, 11) is 0. The predicted molar refractivity (Wildman–Crippen MR) is 136 cm³/mol. The highest BCUT2D eigenvalue weighted by Gasteiger charge is 2.33. The number of aromatic nitrogens is 6. The number of hydrogen-bond acceptors (Lipinski definition) is 6. The molecule has 5 aromatic rings. The number of benzene rings is 2. The van der Waals surface area contributed by atoms with Crippen LogP contribution in [0.25, 0.3) is 17.1 Å². The van der Waals surface area contributed by atoms with Gasteiger partial charge in [0.25, 0.3) is 0 Å². The van der Waals surface area contributed by atoms with Crippen LogP contribution in [-0.4, -0.2) is 29.3 Å². The molecule has 0 unspecified atom stereocenters. The lowest BCUT2D eigenvalue weighted by molar-refractivity contribution is -0.141. The maximum atomic E-state index is 13.7. The van der Waals surface area contributed by atoms with Gasteiger partial charge in [0.2, 0.25) is 0 Å². The zero-order chi connectivity index (χ0) is 26.9. The Hall–Kier alpha value is -4.51. The van der Waals surface area contributed by atoms with Gasteiger partial charge in [-0.3, -0.25) is 9.25 Å². The lowest BCUT2D eigenvalue weighted by atomic mass is 10.1. The molecule has 0 bridgehead atoms. The van der Waals surface area contributed by atoms with E-state index in [1.54, 1.807) is 35.3 Å². The lowest BCUT2D eigenvalue weighted by Gasteiger charge is -2.12. The van der Waals surface area contributed by atoms with Crippen molar-refractivity contribution in [1.29, 1.82) is 0 Å². The second kappa shape index (κ2) is 10.1. The molecule has 3 aromatic heterocycles. The molecule has 38 heavy (non-hydrogen) atoms. The Morgan fingerprint density at radius 2 is 1.71 bits per heavy atom. The number of alkyl halides is 3. The maximum Gasteiger partial charge on any atom is 0.433 e. The minimum absolute atomic E-state index is 0.0621. The van der Waals surface area contributed by atoms with E-state index in [0.29, 0.717) is 22.8 Å². The number of hydrogen-bond donors (Lipinski definition) is 1. The fourth-order valence-electron chi connectivity index (χ4n) is 3.85. The van der Waals surface area contributed by atoms with Gasteiger partial charge in [-0.25, -0.2) is 14.8 Å². The predicted octanol–water partition coefficient (Wildman–Crippen LogP) is 4.78. The van der Waals surface area contributed by atoms with Gasteiger partial charge < -0.3 is 5.73 Å². The second-order valence-electron chi connectivity index (χ2n) is 8.47. The van der Waals surface area contributed by atoms with Gasteiger partial charge in [-0.05, 0) is 35.4 Å². The van der Waals surface area contributed by atoms with E-state index in [1.165, 1.54) is 22.9 Å². The van der Waals surface area contributed by atoms with E-state index in [9.17, 15) is 18.0 Å². The first kappa shape index (κ1) is 25.2. The third-order valence-electron chi connectivity index (χ3n) is 5.63. The Labute approximate surface area is 219 Å². The molecular weight excluding hydrogens is 519 g/mol. The molecule has 0 saturated carbocycles. The number of anilines is 1. The van der Waals surface area contributed by atoms with E-state index in [2.05, 4.69) is 20.1 Å². The second-order valence-corrected chi connectivity index (χ2v) is 8.91. The van der Waals surface area contributed by atoms with Gasteiger partial charge >= 0.3 is 11.9 Å². The summed E-state index contributed by atoms with van der Waals surface area (Å²) < 4.78 is 44.1. The van der Waals surface area contributed by atoms with Crippen molar-refractivity contribution in [1.82, 2.24) is 29.3 Å². The summed E-state index contributed by atoms with van der Waals surface area (Å²) in [4.78, 5) is 24.1. The third kappa shape index (κ3) is 5.73. The molecule has 0 fully saturated rings. The number of nitrogen functional groups attached to an aromatic ring is 1. The van der Waals surface area contributed by atoms with E-state index in [-0.39, 0.29) is 23.8 Å². The van der Waals surface area contributed by atoms with Gasteiger partial charge in [0.15, 0.2) is 5.82 Å². The van der Waals surface area contributed by atoms with Crippen molar-refractivity contribution in [3.8, 4) is 17.1 Å². The van der Waals surface area contributed by atoms with Crippen LogP contribution >= 0.6 is 11.6 Å². The molecule has 0 amide bonds. The van der Waals surface area contributed by atoms with Gasteiger partial charge in [-0.1, -0.05) is 48.0 Å². The van der Waals surface area contributed by atoms with Crippen LogP contribution in [-0.2, 0) is 19.1 Å². The average molecular weight is 538 g/mol. The van der Waals surface area contributed by atoms with Crippen LogP contribution in [0, 0.1) is 0 Å². The van der Waals surface area contributed by atoms with Crippen molar-refractivity contribution in [2.75, 3.05) is 5.73 Å². The van der Waals surface area contributed by atoms with Crippen LogP contribution in [0.4, 0.5) is 19.0 Å². The molecule has 0 aliphatic rings. The molecule has 0 atom stereocenters. The van der Waals surface area contributed by atoms with Crippen LogP contribution in [0.2, 0.25) is 5.02 Å². The smallest absolute Gasteiger partial charge is 0.383 e. The van der Waals surface area contributed by atoms with Crippen molar-refractivity contribution < 1.29 is 13.2 Å². The van der Waals surface area contributed by atoms with Crippen molar-refractivity contribution in [2.45, 2.75) is 19.1 Å². The molecule has 8 nitrogen and oxygen atoms in total. The maximum absolute atomic E-state index is 13.7. The van der Waals surface area contributed by atoms with Gasteiger partial charge in [-0.15, -0.1) is 0 Å². The highest BCUT2D eigenvalue weighted by atomic mass is 35.5. The molecule has 0 aliphatic carbocycles. The molecule has 12 heteroatoms. The Morgan fingerprint density at radius 1 is 0.947 bits per heavy atom. The van der Waals surface area contributed by atoms with E-state index in [1.807, 2.05) is 24.3 Å². The topological polar surface area (TPSA) is 105 Å². The zero-order valence-electron chi connectivity index (χ0n) is 19.6. The molecule has 5 rings (SSSR count). The first-order chi connectivity index (χ1) is 18.1. The van der Waals surface area contributed by atoms with Crippen molar-refractivity contribution >= 4 is 17.4 Å². The first-order valence-electron chi connectivity index (χ1n) is 11.3. The van der Waals surface area contributed by atoms with Crippen LogP contribution in [0.5, 0.6) is 0 Å². The van der Waals surface area contributed by atoms with E-state index in [4.69, 9.17) is 17.3 Å². The monoisotopic (exact) mass is 537 g/mol. The molecule has 0 aliphatic heterocycles. The standard InChI is InChI=1S/C26H19ClF3N7O/c27-19-13-32-36(15-19)14-17-6-4-16(5-7-17)10-20-12-22(26(28,29)30)34-24(33-20)18-2-1-3-21(11-18)37-9-8-23(31)35-25(37)38/h1-9,11-13,15H,10,14H2,(H2,31,35,38). The largest absolute Gasteiger partial charge is 0.433 e. The molecule has 192 valence electrons. The van der Waals surface area contributed by atoms with Crippen molar-refractivity contribution in [2.24, 2.45) is 0 Å². The van der Waals surface area contributed by atoms with Gasteiger partial charge in [0, 0.05) is 30.1 Å². The van der Waals surface area contributed by atoms with E-state index < -0.39 is 17.6 Å². The van der Waals surface area contributed by atoms with Crippen molar-refractivity contribution in [3.05, 3.63) is 117 Å². The Balaban J connectivity index is 1.46. The Kier molecular flexibility index (Phi) is 6.68. The van der Waals surface area contributed by atoms with Gasteiger partial charge in [-0.2, -0.15) is 23.3 Å². The fraction of sp³-hybridized carbons (Fsp3) is 0.115. The number of nitrogens with zero attached hydrogens (tertiary/aromatic N) is 6. The molecule has 2 N–H and O–H groups in total. The van der Waals surface area contributed by atoms with Crippen LogP contribution in [0.3, 0.4) is 0 Å². The summed E-state index contributed by atoms with van der Waals surface area (Å²) in [5, 5.41) is 4.67. The Bertz CT molecular complexity index is 1660. The third-order valence-corrected chi connectivity index (χ3v) is 5.83. The number of nitrogens with two attached hydrogens (primary N) is 1. The quantitative estimate of drug-likeness (QED) is 0.334. The van der Waals surface area contributed by atoms with E-state index in [0.717, 1.165) is 17.2 Å². The van der Waals surface area contributed by atoms with Crippen LogP contribution in [0.1, 0.15) is 22.5 Å². The Morgan fingerprint density at radius 3 is 2.39 bits per heavy atom. The summed E-state index contributed by atoms with van der Waals surface area (Å²) in [5.74, 6) is -0.0487. The minimum atomic E-state index is -4.67. The molecule has 0 saturated heterocycles. The van der Waals surface area contributed by atoms with Gasteiger partial charge in [0.1, 0.15) is 11.5 Å². The summed E-state index contributed by atoms with van der Waals surface area (Å²) in [5.41, 5.74) is 6.50. The molecule has 0 radical (unpaired) electrons. The summed E-state index contributed by atoms with van der Waals surface area (Å²) >= 11 is 5.90. The number of halogens is 4. The minimum Gasteiger partial charge on any atom is -0.383 e.